The number of nitrogens with two attached hydrogens (primary N) is 2. The smallest absolute Gasteiger partial charge is 0.349 e. The molecule has 0 aromatic carbocycles. The first-order chi connectivity index (χ1) is 4.88. The van der Waals surface area contributed by atoms with E-state index in [-0.39, 0.29) is 5.96 Å². The monoisotopic (exact) mass is 182 g/mol. The van der Waals surface area contributed by atoms with Crippen LogP contribution >= 0.6 is 7.60 Å². The van der Waals surface area contributed by atoms with Gasteiger partial charge in [0.05, 0.1) is 0 Å². The van der Waals surface area contributed by atoms with Gasteiger partial charge in [-0.3, -0.25) is 9.99 Å². The third-order valence-corrected chi connectivity index (χ3v) is 2.05. The van der Waals surface area contributed by atoms with E-state index in [0.717, 1.165) is 0 Å². The van der Waals surface area contributed by atoms with E-state index in [4.69, 9.17) is 21.4 Å². The number of hydrogen-bond donors (Lipinski definition) is 5. The third kappa shape index (κ3) is 3.94. The zero-order valence-corrected chi connectivity index (χ0v) is 6.82. The lowest BCUT2D eigenvalue weighted by molar-refractivity contribution is 0.361. The van der Waals surface area contributed by atoms with Crippen LogP contribution in [0.3, 0.4) is 0 Å². The van der Waals surface area contributed by atoms with E-state index >= 15 is 0 Å². The van der Waals surface area contributed by atoms with Crippen molar-refractivity contribution in [1.82, 2.24) is 5.43 Å². The summed E-state index contributed by atoms with van der Waals surface area (Å²) >= 11 is 0. The van der Waals surface area contributed by atoms with E-state index in [9.17, 15) is 4.57 Å². The van der Waals surface area contributed by atoms with Gasteiger partial charge in [-0.25, -0.2) is 10.8 Å². The van der Waals surface area contributed by atoms with Crippen LogP contribution in [0.1, 0.15) is 6.92 Å². The molecule has 0 saturated heterocycles. The highest BCUT2D eigenvalue weighted by Gasteiger charge is 2.23. The van der Waals surface area contributed by atoms with Crippen molar-refractivity contribution in [1.29, 1.82) is 0 Å². The minimum absolute atomic E-state index is 0.208. The Labute approximate surface area is 63.6 Å². The van der Waals surface area contributed by atoms with Gasteiger partial charge >= 0.3 is 7.60 Å². The van der Waals surface area contributed by atoms with Crippen molar-refractivity contribution in [2.24, 2.45) is 16.6 Å². The van der Waals surface area contributed by atoms with Gasteiger partial charge in [0.1, 0.15) is 0 Å². The predicted octanol–water partition coefficient (Wildman–Crippen LogP) is -1.71. The van der Waals surface area contributed by atoms with Gasteiger partial charge in [0, 0.05) is 0 Å². The Morgan fingerprint density at radius 2 is 2.18 bits per heavy atom. The van der Waals surface area contributed by atoms with Gasteiger partial charge in [-0.15, -0.1) is 0 Å². The fraction of sp³-hybridized carbons (Fsp3) is 0.667. The van der Waals surface area contributed by atoms with E-state index in [1.165, 1.54) is 6.92 Å². The molecule has 1 unspecified atom stereocenters. The molecular formula is C3H11N4O3P. The van der Waals surface area contributed by atoms with Crippen molar-refractivity contribution in [3.05, 3.63) is 0 Å². The molecule has 7 N–H and O–H groups in total. The van der Waals surface area contributed by atoms with E-state index in [0.29, 0.717) is 0 Å². The highest BCUT2D eigenvalue weighted by Crippen LogP contribution is 2.41. The first kappa shape index (κ1) is 10.4. The molecule has 0 fully saturated rings. The lowest BCUT2D eigenvalue weighted by Crippen LogP contribution is -2.37. The zero-order valence-electron chi connectivity index (χ0n) is 5.93. The fourth-order valence-corrected chi connectivity index (χ4v) is 0.589. The van der Waals surface area contributed by atoms with E-state index < -0.39 is 13.4 Å². The van der Waals surface area contributed by atoms with Gasteiger partial charge in [-0.05, 0) is 6.92 Å². The molecule has 0 heterocycles. The molecule has 0 bridgehead atoms. The highest BCUT2D eigenvalue weighted by atomic mass is 31.2. The predicted molar refractivity (Wildman–Crippen MR) is 40.5 cm³/mol. The van der Waals surface area contributed by atoms with Crippen LogP contribution < -0.4 is 17.0 Å². The molecule has 1 atom stereocenters. The molecular weight excluding hydrogens is 171 g/mol. The van der Waals surface area contributed by atoms with Crippen LogP contribution in [0.2, 0.25) is 0 Å². The second kappa shape index (κ2) is 3.68. The van der Waals surface area contributed by atoms with E-state index in [2.05, 4.69) is 4.99 Å². The number of guanidine groups is 1. The molecule has 0 rings (SSSR count). The Morgan fingerprint density at radius 3 is 2.45 bits per heavy atom. The van der Waals surface area contributed by atoms with Gasteiger partial charge in [-0.2, -0.15) is 0 Å². The number of aliphatic imine (C=N–C) groups is 1. The molecule has 0 aromatic rings. The first-order valence-electron chi connectivity index (χ1n) is 2.73. The second-order valence-electron chi connectivity index (χ2n) is 1.88. The summed E-state index contributed by atoms with van der Waals surface area (Å²) in [6, 6.07) is 0. The molecule has 0 aliphatic rings. The van der Waals surface area contributed by atoms with Gasteiger partial charge in [0.25, 0.3) is 0 Å². The molecule has 0 spiro atoms. The number of hydrazine groups is 1. The number of nitrogens with one attached hydrogen (secondary N) is 1. The molecule has 0 aromatic heterocycles. The van der Waals surface area contributed by atoms with Crippen molar-refractivity contribution in [2.75, 3.05) is 0 Å². The van der Waals surface area contributed by atoms with Crippen LogP contribution in [-0.4, -0.2) is 21.5 Å². The summed E-state index contributed by atoms with van der Waals surface area (Å²) in [4.78, 5) is 20.4. The molecule has 7 nitrogen and oxygen atoms in total. The SMILES string of the molecule is CC(N=C(N)NN)P(=O)(O)O. The van der Waals surface area contributed by atoms with Gasteiger partial charge in [-0.1, -0.05) is 0 Å². The summed E-state index contributed by atoms with van der Waals surface area (Å²) in [5, 5.41) is 0. The molecule has 0 aliphatic carbocycles. The average Bonchev–Trinajstić information content (AvgIpc) is 1.85. The maximum atomic E-state index is 10.4. The van der Waals surface area contributed by atoms with E-state index in [1.54, 1.807) is 0 Å². The zero-order chi connectivity index (χ0) is 9.07. The Kier molecular flexibility index (Phi) is 3.47. The summed E-state index contributed by atoms with van der Waals surface area (Å²) in [6.07, 6.45) is 0. The van der Waals surface area contributed by atoms with E-state index in [1.807, 2.05) is 5.43 Å². The van der Waals surface area contributed by atoms with Crippen molar-refractivity contribution < 1.29 is 14.4 Å². The first-order valence-corrected chi connectivity index (χ1v) is 4.41. The molecule has 8 heteroatoms. The molecule has 11 heavy (non-hydrogen) atoms. The highest BCUT2D eigenvalue weighted by molar-refractivity contribution is 7.52. The summed E-state index contributed by atoms with van der Waals surface area (Å²) < 4.78 is 10.4. The summed E-state index contributed by atoms with van der Waals surface area (Å²) in [7, 11) is -4.19. The number of nitrogens with zero attached hydrogens (tertiary/aromatic N) is 1. The van der Waals surface area contributed by atoms with Crippen molar-refractivity contribution in [3.63, 3.8) is 0 Å². The molecule has 0 amide bonds. The van der Waals surface area contributed by atoms with Crippen molar-refractivity contribution in [3.8, 4) is 0 Å². The van der Waals surface area contributed by atoms with Gasteiger partial charge < -0.3 is 15.5 Å². The maximum Gasteiger partial charge on any atom is 0.349 e. The molecule has 66 valence electrons. The van der Waals surface area contributed by atoms with Crippen LogP contribution in [0.4, 0.5) is 0 Å². The number of rotatable bonds is 2. The largest absolute Gasteiger partial charge is 0.369 e. The second-order valence-corrected chi connectivity index (χ2v) is 3.81. The quantitative estimate of drug-likeness (QED) is 0.113. The summed E-state index contributed by atoms with van der Waals surface area (Å²) in [5.41, 5.74) is 6.99. The Hall–Kier alpha value is -0.620. The lowest BCUT2D eigenvalue weighted by atomic mass is 10.8. The minimum atomic E-state index is -4.19. The summed E-state index contributed by atoms with van der Waals surface area (Å²) in [6.45, 7) is 1.24. The van der Waals surface area contributed by atoms with Crippen molar-refractivity contribution in [2.45, 2.75) is 12.7 Å². The average molecular weight is 182 g/mol. The van der Waals surface area contributed by atoms with Crippen LogP contribution in [0.15, 0.2) is 4.99 Å². The Morgan fingerprint density at radius 1 is 1.73 bits per heavy atom. The summed E-state index contributed by atoms with van der Waals surface area (Å²) in [5.74, 6) is 3.43. The maximum absolute atomic E-state index is 10.4. The van der Waals surface area contributed by atoms with Gasteiger partial charge in [0.2, 0.25) is 5.96 Å². The fourth-order valence-electron chi connectivity index (χ4n) is 0.314. The molecule has 0 aliphatic heterocycles. The lowest BCUT2D eigenvalue weighted by Gasteiger charge is -2.08. The van der Waals surface area contributed by atoms with Crippen LogP contribution in [0, 0.1) is 0 Å². The number of hydrogen-bond acceptors (Lipinski definition) is 3. The van der Waals surface area contributed by atoms with Crippen LogP contribution in [0.5, 0.6) is 0 Å². The molecule has 0 saturated carbocycles. The van der Waals surface area contributed by atoms with Crippen LogP contribution in [-0.2, 0) is 4.57 Å². The molecule has 0 radical (unpaired) electrons. The normalized spacial score (nSPS) is 16.2. The Bertz CT molecular complexity index is 199. The minimum Gasteiger partial charge on any atom is -0.369 e. The third-order valence-electron chi connectivity index (χ3n) is 0.961. The topological polar surface area (TPSA) is 134 Å². The standard InChI is InChI=1S/C3H11N4O3P/c1-2(11(8,9)10)6-3(4)7-5/h2H,5H2,1H3,(H3,4,6,7)(H2,8,9,10). The Balaban J connectivity index is 4.29. The van der Waals surface area contributed by atoms with Crippen molar-refractivity contribution >= 4 is 13.6 Å². The van der Waals surface area contributed by atoms with Gasteiger partial charge in [0.15, 0.2) is 5.78 Å². The van der Waals surface area contributed by atoms with Crippen LogP contribution in [0.25, 0.3) is 0 Å².